The Kier molecular flexibility index (Phi) is 4.29. The average molecular weight is 298 g/mol. The first kappa shape index (κ1) is 14.8. The second kappa shape index (κ2) is 5.80. The van der Waals surface area contributed by atoms with Gasteiger partial charge < -0.3 is 10.4 Å². The molecule has 4 N–H and O–H groups in total. The van der Waals surface area contributed by atoms with Crippen molar-refractivity contribution in [2.75, 3.05) is 5.32 Å². The standard InChI is InChI=1S/C13H18N2O4S/c14-20(18,19)10-6-7-12(11(8-10)13(16)17)15-9-4-2-1-3-5-9/h6-9,15H,1-5H2,(H,16,17)(H2,14,18,19). The Morgan fingerprint density at radius 3 is 2.45 bits per heavy atom. The second-order valence-electron chi connectivity index (χ2n) is 5.04. The van der Waals surface area contributed by atoms with Crippen LogP contribution in [0.1, 0.15) is 42.5 Å². The van der Waals surface area contributed by atoms with E-state index in [1.807, 2.05) is 0 Å². The lowest BCUT2D eigenvalue weighted by Gasteiger charge is -2.24. The molecule has 6 nitrogen and oxygen atoms in total. The number of nitrogens with one attached hydrogen (secondary N) is 1. The average Bonchev–Trinajstić information content (AvgIpc) is 2.38. The molecule has 1 fully saturated rings. The number of carboxylic acids is 1. The van der Waals surface area contributed by atoms with E-state index in [1.54, 1.807) is 0 Å². The molecule has 1 saturated carbocycles. The summed E-state index contributed by atoms with van der Waals surface area (Å²) in [6, 6.07) is 4.13. The Bertz CT molecular complexity index is 607. The van der Waals surface area contributed by atoms with Crippen LogP contribution in [0.3, 0.4) is 0 Å². The topological polar surface area (TPSA) is 109 Å². The van der Waals surface area contributed by atoms with Crippen molar-refractivity contribution >= 4 is 21.7 Å². The molecule has 7 heteroatoms. The minimum atomic E-state index is -3.90. The van der Waals surface area contributed by atoms with Gasteiger partial charge in [0, 0.05) is 11.7 Å². The SMILES string of the molecule is NS(=O)(=O)c1ccc(NC2CCCCC2)c(C(=O)O)c1. The fourth-order valence-corrected chi connectivity index (χ4v) is 3.01. The molecule has 1 aromatic carbocycles. The van der Waals surface area contributed by atoms with E-state index in [0.29, 0.717) is 5.69 Å². The minimum absolute atomic E-state index is 0.0675. The molecular weight excluding hydrogens is 280 g/mol. The van der Waals surface area contributed by atoms with E-state index in [2.05, 4.69) is 5.32 Å². The van der Waals surface area contributed by atoms with Gasteiger partial charge in [-0.3, -0.25) is 0 Å². The molecule has 1 aliphatic rings. The van der Waals surface area contributed by atoms with Crippen LogP contribution >= 0.6 is 0 Å². The number of aromatic carboxylic acids is 1. The molecule has 0 aromatic heterocycles. The fourth-order valence-electron chi connectivity index (χ4n) is 2.47. The summed E-state index contributed by atoms with van der Waals surface area (Å²) >= 11 is 0. The lowest BCUT2D eigenvalue weighted by atomic mass is 9.95. The number of hydrogen-bond donors (Lipinski definition) is 3. The first-order valence-corrected chi connectivity index (χ1v) is 8.09. The van der Waals surface area contributed by atoms with Gasteiger partial charge in [-0.15, -0.1) is 0 Å². The van der Waals surface area contributed by atoms with E-state index in [0.717, 1.165) is 31.7 Å². The first-order valence-electron chi connectivity index (χ1n) is 6.54. The summed E-state index contributed by atoms with van der Waals surface area (Å²) in [5.41, 5.74) is 0.374. The Morgan fingerprint density at radius 2 is 1.90 bits per heavy atom. The zero-order chi connectivity index (χ0) is 14.8. The highest BCUT2D eigenvalue weighted by Crippen LogP contribution is 2.25. The maximum Gasteiger partial charge on any atom is 0.337 e. The molecule has 0 saturated heterocycles. The van der Waals surface area contributed by atoms with Crippen molar-refractivity contribution in [2.24, 2.45) is 5.14 Å². The highest BCUT2D eigenvalue weighted by Gasteiger charge is 2.19. The van der Waals surface area contributed by atoms with Gasteiger partial charge in [0.15, 0.2) is 0 Å². The summed E-state index contributed by atoms with van der Waals surface area (Å²) in [5.74, 6) is -1.17. The molecular formula is C13H18N2O4S. The predicted molar refractivity (Wildman–Crippen MR) is 75.3 cm³/mol. The van der Waals surface area contributed by atoms with E-state index in [9.17, 15) is 18.3 Å². The number of carboxylic acid groups (broad SMARTS) is 1. The second-order valence-corrected chi connectivity index (χ2v) is 6.60. The van der Waals surface area contributed by atoms with E-state index >= 15 is 0 Å². The number of anilines is 1. The van der Waals surface area contributed by atoms with Crippen LogP contribution in [0.5, 0.6) is 0 Å². The van der Waals surface area contributed by atoms with Crippen molar-refractivity contribution in [3.05, 3.63) is 23.8 Å². The van der Waals surface area contributed by atoms with E-state index in [-0.39, 0.29) is 16.5 Å². The highest BCUT2D eigenvalue weighted by atomic mass is 32.2. The lowest BCUT2D eigenvalue weighted by molar-refractivity contribution is 0.0697. The Labute approximate surface area is 118 Å². The number of hydrogen-bond acceptors (Lipinski definition) is 4. The van der Waals surface area contributed by atoms with E-state index in [1.165, 1.54) is 18.6 Å². The van der Waals surface area contributed by atoms with Crippen LogP contribution in [0.15, 0.2) is 23.1 Å². The van der Waals surface area contributed by atoms with Crippen LogP contribution in [-0.4, -0.2) is 25.5 Å². The Balaban J connectivity index is 2.30. The van der Waals surface area contributed by atoms with Gasteiger partial charge in [0.05, 0.1) is 10.5 Å². The quantitative estimate of drug-likeness (QED) is 0.785. The molecule has 0 atom stereocenters. The van der Waals surface area contributed by atoms with Crippen molar-refractivity contribution < 1.29 is 18.3 Å². The number of benzene rings is 1. The minimum Gasteiger partial charge on any atom is -0.478 e. The van der Waals surface area contributed by atoms with Crippen molar-refractivity contribution in [3.8, 4) is 0 Å². The molecule has 20 heavy (non-hydrogen) atoms. The normalized spacial score (nSPS) is 16.9. The number of nitrogens with two attached hydrogens (primary N) is 1. The summed E-state index contributed by atoms with van der Waals surface area (Å²) in [4.78, 5) is 11.1. The number of rotatable bonds is 4. The third-order valence-electron chi connectivity index (χ3n) is 3.51. The monoisotopic (exact) mass is 298 g/mol. The van der Waals surface area contributed by atoms with Crippen LogP contribution in [0, 0.1) is 0 Å². The van der Waals surface area contributed by atoms with Crippen LogP contribution in [0.4, 0.5) is 5.69 Å². The lowest BCUT2D eigenvalue weighted by Crippen LogP contribution is -2.23. The van der Waals surface area contributed by atoms with Crippen LogP contribution < -0.4 is 10.5 Å². The molecule has 2 rings (SSSR count). The first-order chi connectivity index (χ1) is 9.38. The fraction of sp³-hybridized carbons (Fsp3) is 0.462. The van der Waals surface area contributed by atoms with Crippen LogP contribution in [0.2, 0.25) is 0 Å². The molecule has 0 spiro atoms. The summed E-state index contributed by atoms with van der Waals surface area (Å²) in [6.45, 7) is 0. The van der Waals surface area contributed by atoms with Gasteiger partial charge in [0.25, 0.3) is 0 Å². The molecule has 0 radical (unpaired) electrons. The van der Waals surface area contributed by atoms with Gasteiger partial charge in [0.2, 0.25) is 10.0 Å². The molecule has 0 heterocycles. The number of primary sulfonamides is 1. The molecule has 0 bridgehead atoms. The summed E-state index contributed by atoms with van der Waals surface area (Å²) in [5, 5.41) is 17.4. The summed E-state index contributed by atoms with van der Waals surface area (Å²) in [7, 11) is -3.90. The zero-order valence-electron chi connectivity index (χ0n) is 11.0. The van der Waals surface area contributed by atoms with E-state index < -0.39 is 16.0 Å². The number of sulfonamides is 1. The van der Waals surface area contributed by atoms with Gasteiger partial charge >= 0.3 is 5.97 Å². The zero-order valence-corrected chi connectivity index (χ0v) is 11.8. The van der Waals surface area contributed by atoms with Crippen molar-refractivity contribution in [1.82, 2.24) is 0 Å². The molecule has 1 aliphatic carbocycles. The molecule has 110 valence electrons. The van der Waals surface area contributed by atoms with Crippen molar-refractivity contribution in [3.63, 3.8) is 0 Å². The molecule has 1 aromatic rings. The number of carbonyl (C=O) groups is 1. The van der Waals surface area contributed by atoms with Crippen LogP contribution in [0.25, 0.3) is 0 Å². The maximum atomic E-state index is 11.3. The Morgan fingerprint density at radius 1 is 1.25 bits per heavy atom. The van der Waals surface area contributed by atoms with Gasteiger partial charge in [-0.2, -0.15) is 0 Å². The van der Waals surface area contributed by atoms with Crippen molar-refractivity contribution in [2.45, 2.75) is 43.0 Å². The highest BCUT2D eigenvalue weighted by molar-refractivity contribution is 7.89. The smallest absolute Gasteiger partial charge is 0.337 e. The Hall–Kier alpha value is -1.60. The maximum absolute atomic E-state index is 11.3. The van der Waals surface area contributed by atoms with Gasteiger partial charge in [-0.05, 0) is 31.0 Å². The third kappa shape index (κ3) is 3.49. The molecule has 0 aliphatic heterocycles. The largest absolute Gasteiger partial charge is 0.478 e. The summed E-state index contributed by atoms with van der Waals surface area (Å²) < 4.78 is 22.5. The predicted octanol–water partition coefficient (Wildman–Crippen LogP) is 1.78. The van der Waals surface area contributed by atoms with Gasteiger partial charge in [-0.25, -0.2) is 18.4 Å². The third-order valence-corrected chi connectivity index (χ3v) is 4.43. The van der Waals surface area contributed by atoms with E-state index in [4.69, 9.17) is 5.14 Å². The summed E-state index contributed by atoms with van der Waals surface area (Å²) in [6.07, 6.45) is 5.44. The van der Waals surface area contributed by atoms with Crippen molar-refractivity contribution in [1.29, 1.82) is 0 Å². The van der Waals surface area contributed by atoms with Crippen LogP contribution in [-0.2, 0) is 10.0 Å². The molecule has 0 amide bonds. The van der Waals surface area contributed by atoms with Gasteiger partial charge in [-0.1, -0.05) is 19.3 Å². The van der Waals surface area contributed by atoms with Gasteiger partial charge in [0.1, 0.15) is 0 Å². The molecule has 0 unspecified atom stereocenters.